The maximum Gasteiger partial charge on any atom is 0.252 e. The van der Waals surface area contributed by atoms with Crippen LogP contribution in [0.15, 0.2) is 29.3 Å². The van der Waals surface area contributed by atoms with Crippen LogP contribution in [0.4, 0.5) is 0 Å². The van der Waals surface area contributed by atoms with Gasteiger partial charge in [0.1, 0.15) is 0 Å². The molecule has 0 spiro atoms. The van der Waals surface area contributed by atoms with Crippen LogP contribution in [0.2, 0.25) is 5.02 Å². The van der Waals surface area contributed by atoms with Gasteiger partial charge in [0.2, 0.25) is 0 Å². The van der Waals surface area contributed by atoms with Crippen LogP contribution in [0.1, 0.15) is 5.56 Å². The topological polar surface area (TPSA) is 66.8 Å². The molecule has 0 radical (unpaired) electrons. The molecule has 0 unspecified atom stereocenters. The van der Waals surface area contributed by atoms with Crippen molar-refractivity contribution in [3.63, 3.8) is 0 Å². The number of thioether (sulfide) groups is 1. The zero-order valence-electron chi connectivity index (χ0n) is 11.9. The van der Waals surface area contributed by atoms with E-state index in [1.54, 1.807) is 31.3 Å². The molecule has 8 heteroatoms. The number of carbonyl (C=O) groups is 1. The Morgan fingerprint density at radius 3 is 2.68 bits per heavy atom. The molecular weight excluding hydrogens is 344 g/mol. The first-order valence-corrected chi connectivity index (χ1v) is 9.88. The third-order valence-corrected chi connectivity index (χ3v) is 7.37. The molecule has 0 bridgehead atoms. The average molecular weight is 359 g/mol. The van der Waals surface area contributed by atoms with Crippen LogP contribution in [-0.2, 0) is 21.1 Å². The largest absolute Gasteiger partial charge is 0.349 e. The van der Waals surface area contributed by atoms with Crippen LogP contribution in [-0.4, -0.2) is 54.2 Å². The Kier molecular flexibility index (Phi) is 4.22. The Morgan fingerprint density at radius 1 is 1.36 bits per heavy atom. The van der Waals surface area contributed by atoms with Crippen LogP contribution >= 0.6 is 23.4 Å². The maximum absolute atomic E-state index is 12.1. The van der Waals surface area contributed by atoms with E-state index >= 15 is 0 Å². The fraction of sp³-hybridized carbons (Fsp3) is 0.429. The molecule has 0 saturated carbocycles. The first kappa shape index (κ1) is 15.8. The number of rotatable bonds is 2. The van der Waals surface area contributed by atoms with Crippen molar-refractivity contribution in [2.45, 2.75) is 17.7 Å². The molecule has 5 nitrogen and oxygen atoms in total. The Balaban J connectivity index is 1.68. The summed E-state index contributed by atoms with van der Waals surface area (Å²) in [5.74, 6) is 0.0716. The Labute approximate surface area is 138 Å². The minimum atomic E-state index is -2.96. The van der Waals surface area contributed by atoms with Gasteiger partial charge in [-0.05, 0) is 17.7 Å². The average Bonchev–Trinajstić information content (AvgIpc) is 2.87. The quantitative estimate of drug-likeness (QED) is 0.803. The standard InChI is InChI=1S/C14H15ClN2O3S2/c1-17-11-7-22(19,20)8-12(11)21-14(17)16-13(18)6-9-2-4-10(15)5-3-9/h2-5,11-12H,6-8H2,1H3/t11-,12+/m1/s1. The van der Waals surface area contributed by atoms with Crippen LogP contribution in [0, 0.1) is 0 Å². The lowest BCUT2D eigenvalue weighted by atomic mass is 10.1. The Hall–Kier alpha value is -1.05. The van der Waals surface area contributed by atoms with E-state index in [-0.39, 0.29) is 35.1 Å². The lowest BCUT2D eigenvalue weighted by molar-refractivity contribution is -0.117. The number of benzene rings is 1. The molecule has 0 aromatic heterocycles. The molecule has 0 N–H and O–H groups in total. The summed E-state index contributed by atoms with van der Waals surface area (Å²) >= 11 is 7.20. The molecule has 22 heavy (non-hydrogen) atoms. The predicted molar refractivity (Wildman–Crippen MR) is 89.2 cm³/mol. The number of amidine groups is 1. The summed E-state index contributed by atoms with van der Waals surface area (Å²) in [6.45, 7) is 0. The fourth-order valence-corrected chi connectivity index (χ4v) is 6.80. The first-order chi connectivity index (χ1) is 10.3. The first-order valence-electron chi connectivity index (χ1n) is 6.80. The third-order valence-electron chi connectivity index (χ3n) is 3.82. The second-order valence-corrected chi connectivity index (χ2v) is 9.30. The van der Waals surface area contributed by atoms with E-state index in [1.165, 1.54) is 11.8 Å². The Bertz CT molecular complexity index is 731. The highest BCUT2D eigenvalue weighted by Gasteiger charge is 2.47. The number of sulfone groups is 1. The zero-order chi connectivity index (χ0) is 15.9. The van der Waals surface area contributed by atoms with E-state index in [9.17, 15) is 13.2 Å². The molecular formula is C14H15ClN2O3S2. The van der Waals surface area contributed by atoms with Gasteiger partial charge in [-0.15, -0.1) is 0 Å². The molecule has 2 aliphatic rings. The maximum atomic E-state index is 12.1. The molecule has 1 aromatic rings. The van der Waals surface area contributed by atoms with Crippen molar-refractivity contribution in [3.8, 4) is 0 Å². The molecule has 2 aliphatic heterocycles. The number of fused-ring (bicyclic) bond motifs is 1. The summed E-state index contributed by atoms with van der Waals surface area (Å²) in [6.07, 6.45) is 0.211. The molecule has 1 amide bonds. The summed E-state index contributed by atoms with van der Waals surface area (Å²) < 4.78 is 23.3. The van der Waals surface area contributed by atoms with Crippen LogP contribution in [0.25, 0.3) is 0 Å². The number of nitrogens with zero attached hydrogens (tertiary/aromatic N) is 2. The molecule has 2 heterocycles. The van der Waals surface area contributed by atoms with Gasteiger partial charge in [0, 0.05) is 17.3 Å². The van der Waals surface area contributed by atoms with Crippen molar-refractivity contribution in [1.82, 2.24) is 4.90 Å². The summed E-state index contributed by atoms with van der Waals surface area (Å²) in [5, 5.41) is 1.23. The van der Waals surface area contributed by atoms with Gasteiger partial charge in [-0.1, -0.05) is 35.5 Å². The molecule has 118 valence electrons. The predicted octanol–water partition coefficient (Wildman–Crippen LogP) is 1.61. The normalized spacial score (nSPS) is 28.1. The van der Waals surface area contributed by atoms with Crippen LogP contribution in [0.3, 0.4) is 0 Å². The molecule has 3 rings (SSSR count). The highest BCUT2D eigenvalue weighted by atomic mass is 35.5. The van der Waals surface area contributed by atoms with E-state index in [2.05, 4.69) is 4.99 Å². The van der Waals surface area contributed by atoms with Gasteiger partial charge < -0.3 is 4.90 Å². The number of hydrogen-bond donors (Lipinski definition) is 0. The second kappa shape index (κ2) is 5.86. The van der Waals surface area contributed by atoms with E-state index < -0.39 is 9.84 Å². The van der Waals surface area contributed by atoms with E-state index in [0.717, 1.165) is 5.56 Å². The van der Waals surface area contributed by atoms with Crippen molar-refractivity contribution in [2.75, 3.05) is 18.6 Å². The van der Waals surface area contributed by atoms with Crippen molar-refractivity contribution >= 4 is 44.3 Å². The molecule has 2 saturated heterocycles. The van der Waals surface area contributed by atoms with Gasteiger partial charge >= 0.3 is 0 Å². The monoisotopic (exact) mass is 358 g/mol. The van der Waals surface area contributed by atoms with Gasteiger partial charge in [0.05, 0.1) is 24.0 Å². The van der Waals surface area contributed by atoms with Crippen molar-refractivity contribution < 1.29 is 13.2 Å². The third kappa shape index (κ3) is 3.31. The summed E-state index contributed by atoms with van der Waals surface area (Å²) in [5.41, 5.74) is 0.854. The number of carbonyl (C=O) groups excluding carboxylic acids is 1. The number of halogens is 1. The van der Waals surface area contributed by atoms with E-state index in [4.69, 9.17) is 11.6 Å². The highest BCUT2D eigenvalue weighted by Crippen LogP contribution is 2.36. The van der Waals surface area contributed by atoms with Crippen LogP contribution in [0.5, 0.6) is 0 Å². The van der Waals surface area contributed by atoms with Gasteiger partial charge in [-0.3, -0.25) is 4.79 Å². The molecule has 0 aliphatic carbocycles. The van der Waals surface area contributed by atoms with Crippen LogP contribution < -0.4 is 0 Å². The molecule has 2 fully saturated rings. The van der Waals surface area contributed by atoms with Gasteiger partial charge in [0.15, 0.2) is 15.0 Å². The number of hydrogen-bond acceptors (Lipinski definition) is 4. The minimum absolute atomic E-state index is 0.0166. The minimum Gasteiger partial charge on any atom is -0.349 e. The lowest BCUT2D eigenvalue weighted by Gasteiger charge is -2.17. The fourth-order valence-electron chi connectivity index (χ4n) is 2.66. The number of amides is 1. The highest BCUT2D eigenvalue weighted by molar-refractivity contribution is 8.15. The number of aliphatic imine (C=N–C) groups is 1. The second-order valence-electron chi connectivity index (χ2n) is 5.50. The van der Waals surface area contributed by atoms with E-state index in [1.807, 2.05) is 4.90 Å². The lowest BCUT2D eigenvalue weighted by Crippen LogP contribution is -2.34. The van der Waals surface area contributed by atoms with Gasteiger partial charge in [0.25, 0.3) is 5.91 Å². The summed E-state index contributed by atoms with van der Waals surface area (Å²) in [7, 11) is -1.16. The molecule has 1 aromatic carbocycles. The Morgan fingerprint density at radius 2 is 2.05 bits per heavy atom. The zero-order valence-corrected chi connectivity index (χ0v) is 14.3. The van der Waals surface area contributed by atoms with E-state index in [0.29, 0.717) is 10.2 Å². The SMILES string of the molecule is CN1C(=NC(=O)Cc2ccc(Cl)cc2)S[C@H]2CS(=O)(=O)C[C@H]21. The summed E-state index contributed by atoms with van der Waals surface area (Å²) in [6, 6.07) is 7.00. The van der Waals surface area contributed by atoms with Gasteiger partial charge in [-0.2, -0.15) is 4.99 Å². The smallest absolute Gasteiger partial charge is 0.252 e. The van der Waals surface area contributed by atoms with Crippen molar-refractivity contribution in [2.24, 2.45) is 4.99 Å². The molecule has 2 atom stereocenters. The summed E-state index contributed by atoms with van der Waals surface area (Å²) in [4.78, 5) is 18.0. The van der Waals surface area contributed by atoms with Crippen molar-refractivity contribution in [1.29, 1.82) is 0 Å². The van der Waals surface area contributed by atoms with Gasteiger partial charge in [-0.25, -0.2) is 8.42 Å². The van der Waals surface area contributed by atoms with Crippen molar-refractivity contribution in [3.05, 3.63) is 34.9 Å².